The van der Waals surface area contributed by atoms with Crippen molar-refractivity contribution in [2.75, 3.05) is 6.54 Å². The molecule has 0 fully saturated rings. The molecule has 0 aliphatic carbocycles. The Morgan fingerprint density at radius 2 is 1.59 bits per heavy atom. The molecular formula is C25H23N5O2. The standard InChI is InChI=1S/C25H23N5O2/c1-18(19-11-13-23(14-12-19)30-17-26-16-28-30)29-24(31)15-27-25(32)22-9-7-21(8-10-22)20-5-3-2-4-6-20/h2-14,16-18H,15H2,1H3,(H,27,32)(H,29,31). The summed E-state index contributed by atoms with van der Waals surface area (Å²) in [5.41, 5.74) is 4.46. The van der Waals surface area contributed by atoms with Gasteiger partial charge in [0, 0.05) is 5.56 Å². The van der Waals surface area contributed by atoms with Crippen LogP contribution in [-0.2, 0) is 4.79 Å². The summed E-state index contributed by atoms with van der Waals surface area (Å²) in [5, 5.41) is 9.66. The Bertz CT molecular complexity index is 1170. The molecule has 3 aromatic carbocycles. The minimum Gasteiger partial charge on any atom is -0.348 e. The van der Waals surface area contributed by atoms with E-state index in [9.17, 15) is 9.59 Å². The van der Waals surface area contributed by atoms with E-state index >= 15 is 0 Å². The molecule has 1 unspecified atom stereocenters. The summed E-state index contributed by atoms with van der Waals surface area (Å²) < 4.78 is 1.66. The molecule has 4 aromatic rings. The van der Waals surface area contributed by atoms with Gasteiger partial charge in [-0.2, -0.15) is 5.10 Å². The number of hydrogen-bond acceptors (Lipinski definition) is 4. The van der Waals surface area contributed by atoms with Gasteiger partial charge in [-0.15, -0.1) is 0 Å². The topological polar surface area (TPSA) is 88.9 Å². The fourth-order valence-electron chi connectivity index (χ4n) is 3.34. The maximum atomic E-state index is 12.4. The molecule has 7 nitrogen and oxygen atoms in total. The van der Waals surface area contributed by atoms with Crippen LogP contribution in [0.25, 0.3) is 16.8 Å². The molecule has 0 bridgehead atoms. The SMILES string of the molecule is CC(NC(=O)CNC(=O)c1ccc(-c2ccccc2)cc1)c1ccc(-n2cncn2)cc1. The van der Waals surface area contributed by atoms with Gasteiger partial charge >= 0.3 is 0 Å². The van der Waals surface area contributed by atoms with E-state index in [4.69, 9.17) is 0 Å². The number of nitrogens with zero attached hydrogens (tertiary/aromatic N) is 3. The lowest BCUT2D eigenvalue weighted by Crippen LogP contribution is -2.38. The minimum atomic E-state index is -0.287. The second-order valence-electron chi connectivity index (χ2n) is 7.35. The number of amides is 2. The molecule has 1 aromatic heterocycles. The van der Waals surface area contributed by atoms with Gasteiger partial charge in [-0.1, -0.05) is 54.6 Å². The number of aromatic nitrogens is 3. The first-order valence-electron chi connectivity index (χ1n) is 10.3. The molecule has 0 saturated carbocycles. The predicted octanol–water partition coefficient (Wildman–Crippen LogP) is 3.54. The van der Waals surface area contributed by atoms with E-state index in [0.29, 0.717) is 5.56 Å². The molecule has 1 atom stereocenters. The third kappa shape index (κ3) is 5.07. The normalized spacial score (nSPS) is 11.5. The van der Waals surface area contributed by atoms with Crippen molar-refractivity contribution in [1.29, 1.82) is 0 Å². The van der Waals surface area contributed by atoms with Gasteiger partial charge in [-0.3, -0.25) is 9.59 Å². The first-order chi connectivity index (χ1) is 15.6. The lowest BCUT2D eigenvalue weighted by atomic mass is 10.0. The highest BCUT2D eigenvalue weighted by atomic mass is 16.2. The van der Waals surface area contributed by atoms with Gasteiger partial charge in [-0.25, -0.2) is 9.67 Å². The smallest absolute Gasteiger partial charge is 0.251 e. The van der Waals surface area contributed by atoms with Crippen molar-refractivity contribution in [2.45, 2.75) is 13.0 Å². The molecule has 0 aliphatic rings. The van der Waals surface area contributed by atoms with Crippen molar-refractivity contribution >= 4 is 11.8 Å². The largest absolute Gasteiger partial charge is 0.348 e. The first-order valence-corrected chi connectivity index (χ1v) is 10.3. The second kappa shape index (κ2) is 9.70. The zero-order valence-electron chi connectivity index (χ0n) is 17.6. The van der Waals surface area contributed by atoms with E-state index in [-0.39, 0.29) is 24.4 Å². The van der Waals surface area contributed by atoms with Crippen LogP contribution >= 0.6 is 0 Å². The fourth-order valence-corrected chi connectivity index (χ4v) is 3.34. The number of carbonyl (C=O) groups is 2. The van der Waals surface area contributed by atoms with Crippen LogP contribution in [0.3, 0.4) is 0 Å². The average Bonchev–Trinajstić information content (AvgIpc) is 3.38. The van der Waals surface area contributed by atoms with Gasteiger partial charge in [0.05, 0.1) is 18.3 Å². The molecule has 32 heavy (non-hydrogen) atoms. The summed E-state index contributed by atoms with van der Waals surface area (Å²) in [6, 6.07) is 24.7. The van der Waals surface area contributed by atoms with Crippen LogP contribution in [0.2, 0.25) is 0 Å². The maximum Gasteiger partial charge on any atom is 0.251 e. The Kier molecular flexibility index (Phi) is 6.36. The molecule has 160 valence electrons. The molecule has 0 aliphatic heterocycles. The Hall–Kier alpha value is -4.26. The van der Waals surface area contributed by atoms with E-state index in [1.165, 1.54) is 6.33 Å². The summed E-state index contributed by atoms with van der Waals surface area (Å²) in [5.74, 6) is -0.545. The Morgan fingerprint density at radius 1 is 0.906 bits per heavy atom. The Balaban J connectivity index is 1.28. The zero-order chi connectivity index (χ0) is 22.3. The van der Waals surface area contributed by atoms with Gasteiger partial charge in [0.1, 0.15) is 12.7 Å². The fraction of sp³-hybridized carbons (Fsp3) is 0.120. The van der Waals surface area contributed by atoms with Crippen molar-refractivity contribution in [1.82, 2.24) is 25.4 Å². The average molecular weight is 425 g/mol. The van der Waals surface area contributed by atoms with Gasteiger partial charge in [0.2, 0.25) is 5.91 Å². The highest BCUT2D eigenvalue weighted by Crippen LogP contribution is 2.19. The van der Waals surface area contributed by atoms with Gasteiger partial charge in [0.25, 0.3) is 5.91 Å². The summed E-state index contributed by atoms with van der Waals surface area (Å²) in [7, 11) is 0. The van der Waals surface area contributed by atoms with Crippen LogP contribution in [-0.4, -0.2) is 33.1 Å². The molecule has 7 heteroatoms. The van der Waals surface area contributed by atoms with Crippen molar-refractivity contribution in [3.63, 3.8) is 0 Å². The van der Waals surface area contributed by atoms with Crippen molar-refractivity contribution in [3.05, 3.63) is 103 Å². The minimum absolute atomic E-state index is 0.0966. The first kappa shape index (κ1) is 21.0. The number of nitrogens with one attached hydrogen (secondary N) is 2. The van der Waals surface area contributed by atoms with Crippen LogP contribution < -0.4 is 10.6 Å². The molecule has 1 heterocycles. The Morgan fingerprint density at radius 3 is 2.25 bits per heavy atom. The van der Waals surface area contributed by atoms with Crippen molar-refractivity contribution in [2.24, 2.45) is 0 Å². The highest BCUT2D eigenvalue weighted by Gasteiger charge is 2.12. The number of benzene rings is 3. The molecule has 0 spiro atoms. The third-order valence-electron chi connectivity index (χ3n) is 5.12. The number of carbonyl (C=O) groups excluding carboxylic acids is 2. The second-order valence-corrected chi connectivity index (χ2v) is 7.35. The predicted molar refractivity (Wildman–Crippen MR) is 122 cm³/mol. The van der Waals surface area contributed by atoms with Crippen LogP contribution in [0.4, 0.5) is 0 Å². The highest BCUT2D eigenvalue weighted by molar-refractivity contribution is 5.96. The van der Waals surface area contributed by atoms with E-state index in [0.717, 1.165) is 22.4 Å². The van der Waals surface area contributed by atoms with Crippen molar-refractivity contribution < 1.29 is 9.59 Å². The summed E-state index contributed by atoms with van der Waals surface area (Å²) in [6.45, 7) is 1.80. The van der Waals surface area contributed by atoms with Crippen LogP contribution in [0.5, 0.6) is 0 Å². The van der Waals surface area contributed by atoms with Crippen LogP contribution in [0.1, 0.15) is 28.9 Å². The molecule has 0 saturated heterocycles. The third-order valence-corrected chi connectivity index (χ3v) is 5.12. The molecule has 2 amide bonds. The number of hydrogen-bond donors (Lipinski definition) is 2. The van der Waals surface area contributed by atoms with Crippen LogP contribution in [0, 0.1) is 0 Å². The van der Waals surface area contributed by atoms with Crippen LogP contribution in [0.15, 0.2) is 91.5 Å². The Labute approximate surface area is 186 Å². The van der Waals surface area contributed by atoms with Gasteiger partial charge < -0.3 is 10.6 Å². The lowest BCUT2D eigenvalue weighted by molar-refractivity contribution is -0.120. The maximum absolute atomic E-state index is 12.4. The van der Waals surface area contributed by atoms with E-state index in [2.05, 4.69) is 20.7 Å². The van der Waals surface area contributed by atoms with E-state index < -0.39 is 0 Å². The molecular weight excluding hydrogens is 402 g/mol. The summed E-state index contributed by atoms with van der Waals surface area (Å²) >= 11 is 0. The lowest BCUT2D eigenvalue weighted by Gasteiger charge is -2.15. The van der Waals surface area contributed by atoms with Gasteiger partial charge in [0.15, 0.2) is 0 Å². The molecule has 2 N–H and O–H groups in total. The number of rotatable bonds is 7. The monoisotopic (exact) mass is 425 g/mol. The molecule has 0 radical (unpaired) electrons. The summed E-state index contributed by atoms with van der Waals surface area (Å²) in [4.78, 5) is 28.6. The van der Waals surface area contributed by atoms with Crippen molar-refractivity contribution in [3.8, 4) is 16.8 Å². The van der Waals surface area contributed by atoms with Gasteiger partial charge in [-0.05, 0) is 47.9 Å². The molecule has 4 rings (SSSR count). The zero-order valence-corrected chi connectivity index (χ0v) is 17.6. The van der Waals surface area contributed by atoms with E-state index in [1.54, 1.807) is 23.1 Å². The van der Waals surface area contributed by atoms with E-state index in [1.807, 2.05) is 73.7 Å². The summed E-state index contributed by atoms with van der Waals surface area (Å²) in [6.07, 6.45) is 3.10. The quantitative estimate of drug-likeness (QED) is 0.474.